The van der Waals surface area contributed by atoms with Gasteiger partial charge in [-0.05, 0) is 71.1 Å². The molecule has 0 aliphatic heterocycles. The number of halogens is 1. The lowest BCUT2D eigenvalue weighted by Gasteiger charge is -2.08. The van der Waals surface area contributed by atoms with E-state index in [-0.39, 0.29) is 12.5 Å². The first-order valence-electron chi connectivity index (χ1n) is 6.85. The third-order valence-electron chi connectivity index (χ3n) is 3.04. The molecule has 0 unspecified atom stereocenters. The molecule has 0 saturated carbocycles. The molecule has 23 heavy (non-hydrogen) atoms. The highest BCUT2D eigenvalue weighted by molar-refractivity contribution is 14.1. The van der Waals surface area contributed by atoms with E-state index in [0.717, 1.165) is 9.13 Å². The molecule has 0 radical (unpaired) electrons. The maximum Gasteiger partial charge on any atom is 0.262 e. The Balaban J connectivity index is 1.54. The molecular weight excluding hydrogens is 407 g/mol. The van der Waals surface area contributed by atoms with Crippen molar-refractivity contribution in [3.05, 3.63) is 58.4 Å². The van der Waals surface area contributed by atoms with Gasteiger partial charge in [-0.25, -0.2) is 4.98 Å². The fourth-order valence-electron chi connectivity index (χ4n) is 1.93. The summed E-state index contributed by atoms with van der Waals surface area (Å²) < 4.78 is 6.56. The number of ether oxygens (including phenoxy) is 1. The minimum Gasteiger partial charge on any atom is -0.484 e. The predicted octanol–water partition coefficient (Wildman–Crippen LogP) is 3.09. The second kappa shape index (κ2) is 7.23. The van der Waals surface area contributed by atoms with Gasteiger partial charge in [0.1, 0.15) is 12.1 Å². The van der Waals surface area contributed by atoms with Crippen LogP contribution in [0.2, 0.25) is 0 Å². The first-order valence-corrected chi connectivity index (χ1v) is 7.92. The summed E-state index contributed by atoms with van der Waals surface area (Å²) in [5.74, 6) is 1.14. The molecular formula is C16H13IN4O2. The lowest BCUT2D eigenvalue weighted by atomic mass is 10.2. The van der Waals surface area contributed by atoms with Gasteiger partial charge >= 0.3 is 0 Å². The molecule has 6 nitrogen and oxygen atoms in total. The summed E-state index contributed by atoms with van der Waals surface area (Å²) in [6.07, 6.45) is 1.45. The van der Waals surface area contributed by atoms with Crippen molar-refractivity contribution in [1.82, 2.24) is 15.2 Å². The Morgan fingerprint density at radius 1 is 1.13 bits per heavy atom. The molecule has 2 aromatic carbocycles. The Morgan fingerprint density at radius 2 is 1.87 bits per heavy atom. The van der Waals surface area contributed by atoms with Crippen LogP contribution in [0.4, 0.5) is 5.69 Å². The zero-order valence-corrected chi connectivity index (χ0v) is 14.1. The summed E-state index contributed by atoms with van der Waals surface area (Å²) in [5.41, 5.74) is 1.60. The molecule has 1 amide bonds. The fourth-order valence-corrected chi connectivity index (χ4v) is 2.29. The van der Waals surface area contributed by atoms with Crippen molar-refractivity contribution in [2.75, 3.05) is 11.9 Å². The van der Waals surface area contributed by atoms with Crippen LogP contribution in [0.25, 0.3) is 11.4 Å². The Kier molecular flexibility index (Phi) is 4.86. The van der Waals surface area contributed by atoms with Gasteiger partial charge < -0.3 is 10.1 Å². The Morgan fingerprint density at radius 3 is 2.52 bits per heavy atom. The van der Waals surface area contributed by atoms with E-state index < -0.39 is 0 Å². The number of H-pyrrole nitrogens is 1. The van der Waals surface area contributed by atoms with E-state index in [2.05, 4.69) is 43.1 Å². The van der Waals surface area contributed by atoms with E-state index in [4.69, 9.17) is 4.74 Å². The largest absolute Gasteiger partial charge is 0.484 e. The quantitative estimate of drug-likeness (QED) is 0.622. The number of hydrogen-bond donors (Lipinski definition) is 2. The second-order valence-electron chi connectivity index (χ2n) is 4.70. The van der Waals surface area contributed by atoms with Crippen LogP contribution in [0.3, 0.4) is 0 Å². The molecule has 0 saturated heterocycles. The molecule has 0 aliphatic carbocycles. The van der Waals surface area contributed by atoms with Crippen molar-refractivity contribution in [1.29, 1.82) is 0 Å². The average Bonchev–Trinajstić information content (AvgIpc) is 3.09. The van der Waals surface area contributed by atoms with Crippen LogP contribution in [0.15, 0.2) is 54.9 Å². The Labute approximate surface area is 146 Å². The summed E-state index contributed by atoms with van der Waals surface area (Å²) in [6.45, 7) is -0.0373. The molecule has 7 heteroatoms. The van der Waals surface area contributed by atoms with Crippen LogP contribution in [-0.4, -0.2) is 27.7 Å². The van der Waals surface area contributed by atoms with Gasteiger partial charge in [0, 0.05) is 14.8 Å². The molecule has 0 atom stereocenters. The Hall–Kier alpha value is -2.42. The van der Waals surface area contributed by atoms with Gasteiger partial charge in [-0.3, -0.25) is 9.89 Å². The normalized spacial score (nSPS) is 10.3. The summed E-state index contributed by atoms with van der Waals surface area (Å²) in [6, 6.07) is 14.8. The van der Waals surface area contributed by atoms with Gasteiger partial charge in [-0.1, -0.05) is 0 Å². The van der Waals surface area contributed by atoms with Crippen LogP contribution in [0.5, 0.6) is 5.75 Å². The van der Waals surface area contributed by atoms with Gasteiger partial charge in [-0.2, -0.15) is 5.10 Å². The number of hydrogen-bond acceptors (Lipinski definition) is 4. The van der Waals surface area contributed by atoms with Crippen LogP contribution >= 0.6 is 22.6 Å². The molecule has 3 rings (SSSR count). The highest BCUT2D eigenvalue weighted by Gasteiger charge is 2.05. The van der Waals surface area contributed by atoms with Crippen molar-refractivity contribution in [3.63, 3.8) is 0 Å². The van der Waals surface area contributed by atoms with Crippen molar-refractivity contribution in [2.24, 2.45) is 0 Å². The minimum absolute atomic E-state index is 0.0373. The first kappa shape index (κ1) is 15.5. The van der Waals surface area contributed by atoms with Gasteiger partial charge in [0.05, 0.1) is 0 Å². The molecule has 0 bridgehead atoms. The number of benzene rings is 2. The number of aromatic nitrogens is 3. The monoisotopic (exact) mass is 420 g/mol. The summed E-state index contributed by atoms with van der Waals surface area (Å²) in [4.78, 5) is 16.0. The zero-order valence-electron chi connectivity index (χ0n) is 12.0. The summed E-state index contributed by atoms with van der Waals surface area (Å²) in [5, 5.41) is 9.38. The predicted molar refractivity (Wildman–Crippen MR) is 95.1 cm³/mol. The van der Waals surface area contributed by atoms with Crippen LogP contribution in [0, 0.1) is 3.57 Å². The maximum atomic E-state index is 11.9. The number of carbonyl (C=O) groups is 1. The number of nitrogens with zero attached hydrogens (tertiary/aromatic N) is 2. The lowest BCUT2D eigenvalue weighted by molar-refractivity contribution is -0.118. The van der Waals surface area contributed by atoms with Crippen molar-refractivity contribution < 1.29 is 9.53 Å². The number of carbonyl (C=O) groups excluding carboxylic acids is 1. The first-order chi connectivity index (χ1) is 11.2. The average molecular weight is 420 g/mol. The van der Waals surface area contributed by atoms with Gasteiger partial charge in [-0.15, -0.1) is 0 Å². The van der Waals surface area contributed by atoms with E-state index in [9.17, 15) is 4.79 Å². The highest BCUT2D eigenvalue weighted by atomic mass is 127. The van der Waals surface area contributed by atoms with E-state index in [1.54, 1.807) is 12.1 Å². The number of aromatic amines is 1. The van der Waals surface area contributed by atoms with Gasteiger partial charge in [0.15, 0.2) is 12.4 Å². The molecule has 1 aromatic heterocycles. The number of amides is 1. The number of nitrogens with one attached hydrogen (secondary N) is 2. The van der Waals surface area contributed by atoms with Crippen LogP contribution in [-0.2, 0) is 4.79 Å². The minimum atomic E-state index is -0.212. The summed E-state index contributed by atoms with van der Waals surface area (Å²) >= 11 is 2.21. The summed E-state index contributed by atoms with van der Waals surface area (Å²) in [7, 11) is 0. The van der Waals surface area contributed by atoms with E-state index in [1.807, 2.05) is 36.4 Å². The molecule has 0 spiro atoms. The third kappa shape index (κ3) is 4.28. The molecule has 1 heterocycles. The van der Waals surface area contributed by atoms with E-state index in [0.29, 0.717) is 17.3 Å². The van der Waals surface area contributed by atoms with Crippen molar-refractivity contribution in [3.8, 4) is 17.1 Å². The molecule has 2 N–H and O–H groups in total. The van der Waals surface area contributed by atoms with Crippen molar-refractivity contribution >= 4 is 34.2 Å². The van der Waals surface area contributed by atoms with Crippen LogP contribution < -0.4 is 10.1 Å². The molecule has 0 aliphatic rings. The molecule has 0 fully saturated rings. The molecule has 116 valence electrons. The van der Waals surface area contributed by atoms with E-state index >= 15 is 0 Å². The van der Waals surface area contributed by atoms with E-state index in [1.165, 1.54) is 6.33 Å². The highest BCUT2D eigenvalue weighted by Crippen LogP contribution is 2.17. The Bertz CT molecular complexity index is 771. The van der Waals surface area contributed by atoms with Crippen molar-refractivity contribution in [2.45, 2.75) is 0 Å². The number of rotatable bonds is 5. The smallest absolute Gasteiger partial charge is 0.262 e. The standard InChI is InChI=1S/C16H13IN4O2/c17-12-3-7-14(8-4-12)23-9-15(22)20-13-5-1-11(2-6-13)16-18-10-19-21-16/h1-8,10H,9H2,(H,20,22)(H,18,19,21). The topological polar surface area (TPSA) is 79.9 Å². The molecule has 3 aromatic rings. The number of anilines is 1. The fraction of sp³-hybridized carbons (Fsp3) is 0.0625. The third-order valence-corrected chi connectivity index (χ3v) is 3.76. The second-order valence-corrected chi connectivity index (χ2v) is 5.95. The lowest BCUT2D eigenvalue weighted by Crippen LogP contribution is -2.20. The van der Waals surface area contributed by atoms with Gasteiger partial charge in [0.25, 0.3) is 5.91 Å². The zero-order chi connectivity index (χ0) is 16.1. The maximum absolute atomic E-state index is 11.9. The SMILES string of the molecule is O=C(COc1ccc(I)cc1)Nc1ccc(-c2ncn[nH]2)cc1. The van der Waals surface area contributed by atoms with Gasteiger partial charge in [0.2, 0.25) is 0 Å². The van der Waals surface area contributed by atoms with Crippen LogP contribution in [0.1, 0.15) is 0 Å².